The van der Waals surface area contributed by atoms with E-state index in [4.69, 9.17) is 5.21 Å². The fourth-order valence-corrected chi connectivity index (χ4v) is 1.94. The SMILES string of the molecule is Cc1cc(C)c(C)c(C(O)CNO)c1C. The molecule has 0 aliphatic rings. The first kappa shape index (κ1) is 12.2. The molecular formula is C12H19NO2. The summed E-state index contributed by atoms with van der Waals surface area (Å²) < 4.78 is 0. The first-order valence-electron chi connectivity index (χ1n) is 5.11. The molecule has 3 nitrogen and oxygen atoms in total. The standard InChI is InChI=1S/C12H19NO2/c1-7-5-8(2)10(4)12(9(7)3)11(14)6-13-15/h5,11,13-15H,6H2,1-4H3. The Kier molecular flexibility index (Phi) is 3.85. The van der Waals surface area contributed by atoms with Crippen molar-refractivity contribution in [2.45, 2.75) is 33.8 Å². The van der Waals surface area contributed by atoms with Gasteiger partial charge < -0.3 is 10.3 Å². The quantitative estimate of drug-likeness (QED) is 0.667. The fraction of sp³-hybridized carbons (Fsp3) is 0.500. The number of nitrogens with one attached hydrogen (secondary N) is 1. The van der Waals surface area contributed by atoms with Gasteiger partial charge in [-0.1, -0.05) is 6.07 Å². The molecular weight excluding hydrogens is 190 g/mol. The molecule has 1 unspecified atom stereocenters. The van der Waals surface area contributed by atoms with Crippen LogP contribution >= 0.6 is 0 Å². The molecule has 3 N–H and O–H groups in total. The van der Waals surface area contributed by atoms with Gasteiger partial charge in [-0.2, -0.15) is 0 Å². The van der Waals surface area contributed by atoms with E-state index in [9.17, 15) is 5.11 Å². The molecule has 0 aromatic heterocycles. The number of aliphatic hydroxyl groups is 1. The summed E-state index contributed by atoms with van der Waals surface area (Å²) in [6.45, 7) is 8.22. The zero-order valence-corrected chi connectivity index (χ0v) is 9.76. The highest BCUT2D eigenvalue weighted by molar-refractivity contribution is 5.45. The van der Waals surface area contributed by atoms with Crippen molar-refractivity contribution in [2.24, 2.45) is 0 Å². The van der Waals surface area contributed by atoms with Crippen molar-refractivity contribution < 1.29 is 10.3 Å². The van der Waals surface area contributed by atoms with Gasteiger partial charge in [-0.15, -0.1) is 0 Å². The molecule has 0 saturated heterocycles. The van der Waals surface area contributed by atoms with Crippen molar-refractivity contribution in [3.05, 3.63) is 33.9 Å². The molecule has 0 amide bonds. The second-order valence-electron chi connectivity index (χ2n) is 4.05. The van der Waals surface area contributed by atoms with E-state index in [1.165, 1.54) is 11.1 Å². The van der Waals surface area contributed by atoms with Crippen molar-refractivity contribution in [2.75, 3.05) is 6.54 Å². The Balaban J connectivity index is 3.26. The van der Waals surface area contributed by atoms with Gasteiger partial charge in [0.2, 0.25) is 0 Å². The number of hydrogen-bond acceptors (Lipinski definition) is 3. The number of benzene rings is 1. The normalized spacial score (nSPS) is 12.9. The minimum absolute atomic E-state index is 0.157. The maximum atomic E-state index is 9.91. The Morgan fingerprint density at radius 2 is 1.60 bits per heavy atom. The summed E-state index contributed by atoms with van der Waals surface area (Å²) in [5.74, 6) is 0. The van der Waals surface area contributed by atoms with Gasteiger partial charge in [-0.05, 0) is 55.5 Å². The molecule has 0 aliphatic heterocycles. The van der Waals surface area contributed by atoms with Gasteiger partial charge in [0.25, 0.3) is 0 Å². The van der Waals surface area contributed by atoms with Crippen LogP contribution in [0.4, 0.5) is 0 Å². The summed E-state index contributed by atoms with van der Waals surface area (Å²) in [6.07, 6.45) is -0.659. The third-order valence-corrected chi connectivity index (χ3v) is 3.04. The zero-order chi connectivity index (χ0) is 11.6. The molecule has 84 valence electrons. The topological polar surface area (TPSA) is 52.5 Å². The molecule has 0 radical (unpaired) electrons. The van der Waals surface area contributed by atoms with Crippen molar-refractivity contribution in [1.82, 2.24) is 5.48 Å². The Morgan fingerprint density at radius 3 is 2.00 bits per heavy atom. The fourth-order valence-electron chi connectivity index (χ4n) is 1.94. The van der Waals surface area contributed by atoms with Crippen molar-refractivity contribution in [3.8, 4) is 0 Å². The molecule has 1 rings (SSSR count). The van der Waals surface area contributed by atoms with Crippen LogP contribution in [-0.4, -0.2) is 16.9 Å². The molecule has 0 spiro atoms. The van der Waals surface area contributed by atoms with Crippen LogP contribution in [0, 0.1) is 27.7 Å². The minimum atomic E-state index is -0.659. The van der Waals surface area contributed by atoms with Crippen molar-refractivity contribution in [1.29, 1.82) is 0 Å². The second-order valence-corrected chi connectivity index (χ2v) is 4.05. The van der Waals surface area contributed by atoms with Crippen LogP contribution < -0.4 is 5.48 Å². The van der Waals surface area contributed by atoms with E-state index in [0.717, 1.165) is 16.7 Å². The van der Waals surface area contributed by atoms with E-state index < -0.39 is 6.10 Å². The van der Waals surface area contributed by atoms with Crippen LogP contribution in [0.15, 0.2) is 6.07 Å². The van der Waals surface area contributed by atoms with E-state index in [-0.39, 0.29) is 6.54 Å². The Morgan fingerprint density at radius 1 is 1.13 bits per heavy atom. The van der Waals surface area contributed by atoms with Crippen LogP contribution in [0.3, 0.4) is 0 Å². The summed E-state index contributed by atoms with van der Waals surface area (Å²) >= 11 is 0. The molecule has 0 fully saturated rings. The predicted octanol–water partition coefficient (Wildman–Crippen LogP) is 1.93. The molecule has 0 saturated carbocycles. The lowest BCUT2D eigenvalue weighted by Crippen LogP contribution is -2.19. The highest BCUT2D eigenvalue weighted by Crippen LogP contribution is 2.26. The van der Waals surface area contributed by atoms with Crippen molar-refractivity contribution >= 4 is 0 Å². The monoisotopic (exact) mass is 209 g/mol. The molecule has 3 heteroatoms. The van der Waals surface area contributed by atoms with Gasteiger partial charge in [0.1, 0.15) is 0 Å². The van der Waals surface area contributed by atoms with Crippen LogP contribution in [-0.2, 0) is 0 Å². The molecule has 0 heterocycles. The van der Waals surface area contributed by atoms with Gasteiger partial charge in [0.15, 0.2) is 0 Å². The van der Waals surface area contributed by atoms with E-state index in [0.29, 0.717) is 0 Å². The summed E-state index contributed by atoms with van der Waals surface area (Å²) in [7, 11) is 0. The Hall–Kier alpha value is -0.900. The molecule has 15 heavy (non-hydrogen) atoms. The first-order valence-corrected chi connectivity index (χ1v) is 5.11. The lowest BCUT2D eigenvalue weighted by molar-refractivity contribution is 0.0914. The Bertz CT molecular complexity index is 335. The van der Waals surface area contributed by atoms with Crippen LogP contribution in [0.2, 0.25) is 0 Å². The third kappa shape index (κ3) is 2.37. The molecule has 0 aliphatic carbocycles. The summed E-state index contributed by atoms with van der Waals surface area (Å²) in [5, 5.41) is 18.5. The maximum Gasteiger partial charge on any atom is 0.0942 e. The first-order chi connectivity index (χ1) is 6.99. The van der Waals surface area contributed by atoms with Gasteiger partial charge in [0, 0.05) is 0 Å². The largest absolute Gasteiger partial charge is 0.387 e. The zero-order valence-electron chi connectivity index (χ0n) is 9.76. The minimum Gasteiger partial charge on any atom is -0.387 e. The molecule has 1 aromatic carbocycles. The smallest absolute Gasteiger partial charge is 0.0942 e. The lowest BCUT2D eigenvalue weighted by Gasteiger charge is -2.19. The molecule has 0 bridgehead atoms. The van der Waals surface area contributed by atoms with E-state index >= 15 is 0 Å². The predicted molar refractivity (Wildman–Crippen MR) is 60.1 cm³/mol. The van der Waals surface area contributed by atoms with Gasteiger partial charge in [0.05, 0.1) is 12.6 Å². The summed E-state index contributed by atoms with van der Waals surface area (Å²) in [5.41, 5.74) is 7.47. The second kappa shape index (κ2) is 4.75. The van der Waals surface area contributed by atoms with Crippen LogP contribution in [0.25, 0.3) is 0 Å². The number of rotatable bonds is 3. The van der Waals surface area contributed by atoms with Gasteiger partial charge in [-0.25, -0.2) is 5.48 Å². The summed E-state index contributed by atoms with van der Waals surface area (Å²) in [6, 6.07) is 2.12. The summed E-state index contributed by atoms with van der Waals surface area (Å²) in [4.78, 5) is 0. The maximum absolute atomic E-state index is 9.91. The number of aryl methyl sites for hydroxylation is 2. The van der Waals surface area contributed by atoms with Gasteiger partial charge in [-0.3, -0.25) is 0 Å². The van der Waals surface area contributed by atoms with Gasteiger partial charge >= 0.3 is 0 Å². The van der Waals surface area contributed by atoms with E-state index in [1.54, 1.807) is 0 Å². The molecule has 1 aromatic rings. The average Bonchev–Trinajstić information content (AvgIpc) is 2.16. The highest BCUT2D eigenvalue weighted by atomic mass is 16.5. The van der Waals surface area contributed by atoms with E-state index in [1.807, 2.05) is 33.2 Å². The third-order valence-electron chi connectivity index (χ3n) is 3.04. The van der Waals surface area contributed by atoms with Crippen molar-refractivity contribution in [3.63, 3.8) is 0 Å². The number of hydrogen-bond donors (Lipinski definition) is 3. The Labute approximate surface area is 90.7 Å². The highest BCUT2D eigenvalue weighted by Gasteiger charge is 2.15. The lowest BCUT2D eigenvalue weighted by atomic mass is 9.91. The van der Waals surface area contributed by atoms with Crippen LogP contribution in [0.1, 0.15) is 33.9 Å². The number of hydroxylamine groups is 1. The molecule has 1 atom stereocenters. The number of aliphatic hydroxyl groups excluding tert-OH is 1. The average molecular weight is 209 g/mol. The van der Waals surface area contributed by atoms with E-state index in [2.05, 4.69) is 6.07 Å². The van der Waals surface area contributed by atoms with Crippen LogP contribution in [0.5, 0.6) is 0 Å².